The first-order chi connectivity index (χ1) is 9.06. The quantitative estimate of drug-likeness (QED) is 0.693. The smallest absolute Gasteiger partial charge is 0.321 e. The Hall–Kier alpha value is -2.24. The van der Waals surface area contributed by atoms with Crippen LogP contribution in [0.3, 0.4) is 0 Å². The van der Waals surface area contributed by atoms with Crippen LogP contribution in [0.1, 0.15) is 12.8 Å². The summed E-state index contributed by atoms with van der Waals surface area (Å²) < 4.78 is 0. The third kappa shape index (κ3) is 3.37. The zero-order valence-corrected chi connectivity index (χ0v) is 10.6. The van der Waals surface area contributed by atoms with E-state index < -0.39 is 0 Å². The standard InChI is InChI=1S/C13H18N4O2/c14-10-2-1-3-11(8-10)16-13(19)17-6-4-9(5-7-17)12(15)18/h1-3,8-9H,4-7,14H2,(H2,15,18)(H,16,19). The maximum atomic E-state index is 12.0. The molecule has 1 aromatic rings. The van der Waals surface area contributed by atoms with Crippen molar-refractivity contribution in [2.45, 2.75) is 12.8 Å². The van der Waals surface area contributed by atoms with E-state index in [1.54, 1.807) is 29.2 Å². The molecule has 0 aromatic heterocycles. The average molecular weight is 262 g/mol. The van der Waals surface area contributed by atoms with E-state index in [-0.39, 0.29) is 17.9 Å². The SMILES string of the molecule is NC(=O)C1CCN(C(=O)Nc2cccc(N)c2)CC1. The number of nitrogens with two attached hydrogens (primary N) is 2. The van der Waals surface area contributed by atoms with Crippen molar-refractivity contribution in [1.82, 2.24) is 4.90 Å². The number of hydrogen-bond acceptors (Lipinski definition) is 3. The number of nitrogens with one attached hydrogen (secondary N) is 1. The Morgan fingerprint density at radius 3 is 2.53 bits per heavy atom. The molecule has 0 bridgehead atoms. The molecule has 6 heteroatoms. The minimum atomic E-state index is -0.282. The Morgan fingerprint density at radius 2 is 1.95 bits per heavy atom. The molecule has 0 spiro atoms. The first kappa shape index (κ1) is 13.2. The molecule has 1 aromatic carbocycles. The lowest BCUT2D eigenvalue weighted by atomic mass is 9.96. The average Bonchev–Trinajstić information content (AvgIpc) is 2.39. The topological polar surface area (TPSA) is 101 Å². The van der Waals surface area contributed by atoms with Crippen LogP contribution in [0.4, 0.5) is 16.2 Å². The number of nitrogens with zero attached hydrogens (tertiary/aromatic N) is 1. The lowest BCUT2D eigenvalue weighted by Gasteiger charge is -2.30. The molecular formula is C13H18N4O2. The number of piperidine rings is 1. The lowest BCUT2D eigenvalue weighted by molar-refractivity contribution is -0.122. The van der Waals surface area contributed by atoms with Gasteiger partial charge >= 0.3 is 6.03 Å². The van der Waals surface area contributed by atoms with Gasteiger partial charge in [0.05, 0.1) is 0 Å². The summed E-state index contributed by atoms with van der Waals surface area (Å²) in [6.45, 7) is 1.09. The molecule has 1 heterocycles. The number of hydrogen-bond donors (Lipinski definition) is 3. The van der Waals surface area contributed by atoms with E-state index in [9.17, 15) is 9.59 Å². The van der Waals surface area contributed by atoms with Crippen LogP contribution in [-0.2, 0) is 4.79 Å². The molecule has 0 atom stereocenters. The summed E-state index contributed by atoms with van der Waals surface area (Å²) in [5.74, 6) is -0.396. The van der Waals surface area contributed by atoms with Crippen LogP contribution >= 0.6 is 0 Å². The van der Waals surface area contributed by atoms with Crippen molar-refractivity contribution in [2.24, 2.45) is 11.7 Å². The van der Waals surface area contributed by atoms with Gasteiger partial charge in [0.25, 0.3) is 0 Å². The lowest BCUT2D eigenvalue weighted by Crippen LogP contribution is -2.43. The van der Waals surface area contributed by atoms with E-state index in [0.717, 1.165) is 0 Å². The molecule has 1 aliphatic heterocycles. The van der Waals surface area contributed by atoms with Crippen molar-refractivity contribution >= 4 is 23.3 Å². The number of benzene rings is 1. The van der Waals surface area contributed by atoms with Crippen molar-refractivity contribution in [3.05, 3.63) is 24.3 Å². The molecule has 5 N–H and O–H groups in total. The summed E-state index contributed by atoms with van der Waals surface area (Å²) in [4.78, 5) is 24.7. The van der Waals surface area contributed by atoms with Crippen LogP contribution < -0.4 is 16.8 Å². The van der Waals surface area contributed by atoms with Gasteiger partial charge < -0.3 is 21.7 Å². The highest BCUT2D eigenvalue weighted by Crippen LogP contribution is 2.18. The van der Waals surface area contributed by atoms with E-state index in [1.165, 1.54) is 0 Å². The second kappa shape index (κ2) is 5.60. The van der Waals surface area contributed by atoms with Crippen LogP contribution in [0.2, 0.25) is 0 Å². The monoisotopic (exact) mass is 262 g/mol. The van der Waals surface area contributed by atoms with Crippen molar-refractivity contribution in [3.8, 4) is 0 Å². The molecule has 1 saturated heterocycles. The summed E-state index contributed by atoms with van der Waals surface area (Å²) in [7, 11) is 0. The third-order valence-electron chi connectivity index (χ3n) is 3.32. The number of rotatable bonds is 2. The van der Waals surface area contributed by atoms with E-state index in [0.29, 0.717) is 37.3 Å². The number of amides is 3. The van der Waals surface area contributed by atoms with E-state index in [4.69, 9.17) is 11.5 Å². The molecule has 6 nitrogen and oxygen atoms in total. The van der Waals surface area contributed by atoms with Gasteiger partial charge in [-0.05, 0) is 31.0 Å². The highest BCUT2D eigenvalue weighted by Gasteiger charge is 2.25. The maximum Gasteiger partial charge on any atom is 0.321 e. The van der Waals surface area contributed by atoms with Gasteiger partial charge in [0.1, 0.15) is 0 Å². The normalized spacial score (nSPS) is 16.1. The van der Waals surface area contributed by atoms with Gasteiger partial charge in [-0.15, -0.1) is 0 Å². The first-order valence-electron chi connectivity index (χ1n) is 6.27. The molecule has 102 valence electrons. The summed E-state index contributed by atoms with van der Waals surface area (Å²) >= 11 is 0. The van der Waals surface area contributed by atoms with Crippen molar-refractivity contribution < 1.29 is 9.59 Å². The number of urea groups is 1. The van der Waals surface area contributed by atoms with Gasteiger partial charge in [0.15, 0.2) is 0 Å². The predicted octanol–water partition coefficient (Wildman–Crippen LogP) is 0.998. The molecule has 2 rings (SSSR count). The zero-order valence-electron chi connectivity index (χ0n) is 10.6. The van der Waals surface area contributed by atoms with Crippen LogP contribution in [0.5, 0.6) is 0 Å². The fourth-order valence-electron chi connectivity index (χ4n) is 2.19. The Labute approximate surface area is 111 Å². The molecule has 0 aliphatic carbocycles. The largest absolute Gasteiger partial charge is 0.399 e. The minimum absolute atomic E-state index is 0.114. The number of nitrogen functional groups attached to an aromatic ring is 1. The highest BCUT2D eigenvalue weighted by molar-refractivity contribution is 5.90. The van der Waals surface area contributed by atoms with Crippen LogP contribution in [-0.4, -0.2) is 29.9 Å². The molecule has 0 radical (unpaired) electrons. The summed E-state index contributed by atoms with van der Waals surface area (Å²) in [6, 6.07) is 6.85. The molecule has 3 amide bonds. The zero-order chi connectivity index (χ0) is 13.8. The number of anilines is 2. The summed E-state index contributed by atoms with van der Waals surface area (Å²) in [5.41, 5.74) is 12.2. The maximum absolute atomic E-state index is 12.0. The molecule has 1 fully saturated rings. The van der Waals surface area contributed by atoms with Crippen LogP contribution in [0.25, 0.3) is 0 Å². The second-order valence-corrected chi connectivity index (χ2v) is 4.72. The molecule has 1 aliphatic rings. The number of carbonyl (C=O) groups is 2. The number of likely N-dealkylation sites (tertiary alicyclic amines) is 1. The van der Waals surface area contributed by atoms with Gasteiger partial charge in [0, 0.05) is 30.4 Å². The Bertz CT molecular complexity index is 481. The Balaban J connectivity index is 1.90. The fraction of sp³-hybridized carbons (Fsp3) is 0.385. The molecule has 0 unspecified atom stereocenters. The summed E-state index contributed by atoms with van der Waals surface area (Å²) in [5, 5.41) is 2.79. The third-order valence-corrected chi connectivity index (χ3v) is 3.32. The molecule has 0 saturated carbocycles. The van der Waals surface area contributed by atoms with Gasteiger partial charge in [-0.1, -0.05) is 6.07 Å². The molecular weight excluding hydrogens is 244 g/mol. The van der Waals surface area contributed by atoms with E-state index in [1.807, 2.05) is 0 Å². The number of primary amides is 1. The first-order valence-corrected chi connectivity index (χ1v) is 6.27. The molecule has 19 heavy (non-hydrogen) atoms. The van der Waals surface area contributed by atoms with Crippen molar-refractivity contribution in [3.63, 3.8) is 0 Å². The second-order valence-electron chi connectivity index (χ2n) is 4.72. The highest BCUT2D eigenvalue weighted by atomic mass is 16.2. The summed E-state index contributed by atoms with van der Waals surface area (Å²) in [6.07, 6.45) is 1.25. The minimum Gasteiger partial charge on any atom is -0.399 e. The van der Waals surface area contributed by atoms with Crippen molar-refractivity contribution in [2.75, 3.05) is 24.1 Å². The van der Waals surface area contributed by atoms with Gasteiger partial charge in [0.2, 0.25) is 5.91 Å². The number of carbonyl (C=O) groups excluding carboxylic acids is 2. The van der Waals surface area contributed by atoms with E-state index in [2.05, 4.69) is 5.32 Å². The van der Waals surface area contributed by atoms with Crippen molar-refractivity contribution in [1.29, 1.82) is 0 Å². The Kier molecular flexibility index (Phi) is 3.89. The van der Waals surface area contributed by atoms with Crippen LogP contribution in [0, 0.1) is 5.92 Å². The van der Waals surface area contributed by atoms with Gasteiger partial charge in [-0.3, -0.25) is 4.79 Å². The van der Waals surface area contributed by atoms with E-state index >= 15 is 0 Å². The fourth-order valence-corrected chi connectivity index (χ4v) is 2.19. The predicted molar refractivity (Wildman–Crippen MR) is 73.4 cm³/mol. The van der Waals surface area contributed by atoms with Gasteiger partial charge in [-0.2, -0.15) is 0 Å². The van der Waals surface area contributed by atoms with Gasteiger partial charge in [-0.25, -0.2) is 4.79 Å². The Morgan fingerprint density at radius 1 is 1.26 bits per heavy atom. The van der Waals surface area contributed by atoms with Crippen LogP contribution in [0.15, 0.2) is 24.3 Å².